The van der Waals surface area contributed by atoms with Gasteiger partial charge < -0.3 is 10.2 Å². The van der Waals surface area contributed by atoms with E-state index in [2.05, 4.69) is 31.3 Å². The van der Waals surface area contributed by atoms with Crippen LogP contribution in [0.15, 0.2) is 30.3 Å². The number of benzene rings is 1. The van der Waals surface area contributed by atoms with E-state index >= 15 is 0 Å². The molecule has 1 aliphatic carbocycles. The number of rotatable bonds is 7. The molecular formula is C16H24N2O. The molecule has 0 radical (unpaired) electrons. The first-order valence-corrected chi connectivity index (χ1v) is 7.27. The van der Waals surface area contributed by atoms with Crippen molar-refractivity contribution in [2.75, 3.05) is 6.54 Å². The van der Waals surface area contributed by atoms with Gasteiger partial charge in [0.2, 0.25) is 5.91 Å². The second-order valence-electron chi connectivity index (χ2n) is 5.43. The van der Waals surface area contributed by atoms with Gasteiger partial charge in [0, 0.05) is 18.6 Å². The molecular weight excluding hydrogens is 236 g/mol. The van der Waals surface area contributed by atoms with E-state index in [1.54, 1.807) is 0 Å². The number of nitrogens with one attached hydrogen (secondary N) is 1. The third-order valence-electron chi connectivity index (χ3n) is 3.72. The lowest BCUT2D eigenvalue weighted by atomic mass is 10.2. The van der Waals surface area contributed by atoms with E-state index in [1.807, 2.05) is 23.1 Å². The molecule has 1 N–H and O–H groups in total. The summed E-state index contributed by atoms with van der Waals surface area (Å²) in [6, 6.07) is 11.1. The van der Waals surface area contributed by atoms with Crippen LogP contribution in [0, 0.1) is 0 Å². The van der Waals surface area contributed by atoms with Crippen LogP contribution in [0.25, 0.3) is 0 Å². The molecule has 19 heavy (non-hydrogen) atoms. The molecule has 3 nitrogen and oxygen atoms in total. The number of nitrogens with zero attached hydrogens (tertiary/aromatic N) is 1. The van der Waals surface area contributed by atoms with Crippen LogP contribution in [-0.2, 0) is 11.3 Å². The first-order chi connectivity index (χ1) is 9.20. The zero-order valence-electron chi connectivity index (χ0n) is 11.9. The number of hydrogen-bond acceptors (Lipinski definition) is 2. The molecule has 1 atom stereocenters. The van der Waals surface area contributed by atoms with Crippen LogP contribution in [-0.4, -0.2) is 29.4 Å². The van der Waals surface area contributed by atoms with Crippen LogP contribution in [0.5, 0.6) is 0 Å². The second-order valence-corrected chi connectivity index (χ2v) is 5.43. The quantitative estimate of drug-likeness (QED) is 0.817. The zero-order valence-corrected chi connectivity index (χ0v) is 11.9. The maximum atomic E-state index is 12.3. The monoisotopic (exact) mass is 260 g/mol. The Labute approximate surface area is 116 Å². The summed E-state index contributed by atoms with van der Waals surface area (Å²) in [5, 5.41) is 3.29. The summed E-state index contributed by atoms with van der Waals surface area (Å²) < 4.78 is 0. The van der Waals surface area contributed by atoms with Gasteiger partial charge in [-0.2, -0.15) is 0 Å². The Morgan fingerprint density at radius 1 is 1.37 bits per heavy atom. The fourth-order valence-electron chi connectivity index (χ4n) is 2.09. The Morgan fingerprint density at radius 2 is 2.05 bits per heavy atom. The van der Waals surface area contributed by atoms with Crippen LogP contribution < -0.4 is 5.32 Å². The summed E-state index contributed by atoms with van der Waals surface area (Å²) in [4.78, 5) is 14.3. The van der Waals surface area contributed by atoms with E-state index in [1.165, 1.54) is 5.56 Å². The van der Waals surface area contributed by atoms with Crippen molar-refractivity contribution in [3.8, 4) is 0 Å². The number of hydrogen-bond donors (Lipinski definition) is 1. The van der Waals surface area contributed by atoms with Crippen LogP contribution in [0.2, 0.25) is 0 Å². The van der Waals surface area contributed by atoms with Crippen molar-refractivity contribution in [1.29, 1.82) is 0 Å². The topological polar surface area (TPSA) is 32.3 Å². The lowest BCUT2D eigenvalue weighted by Crippen LogP contribution is -2.41. The molecule has 1 aromatic carbocycles. The molecule has 1 aromatic rings. The minimum Gasteiger partial charge on any atom is -0.334 e. The number of carbonyl (C=O) groups excluding carboxylic acids is 1. The van der Waals surface area contributed by atoms with E-state index in [4.69, 9.17) is 0 Å². The first kappa shape index (κ1) is 14.1. The van der Waals surface area contributed by atoms with Gasteiger partial charge in [-0.1, -0.05) is 37.3 Å². The molecule has 0 heterocycles. The van der Waals surface area contributed by atoms with E-state index in [0.717, 1.165) is 25.8 Å². The van der Waals surface area contributed by atoms with Crippen molar-refractivity contribution in [2.24, 2.45) is 0 Å². The molecule has 0 aromatic heterocycles. The van der Waals surface area contributed by atoms with Gasteiger partial charge in [-0.05, 0) is 31.7 Å². The Bertz CT molecular complexity index is 400. The predicted octanol–water partition coefficient (Wildman–Crippen LogP) is 2.57. The van der Waals surface area contributed by atoms with E-state index in [-0.39, 0.29) is 5.91 Å². The summed E-state index contributed by atoms with van der Waals surface area (Å²) in [6.45, 7) is 5.45. The van der Waals surface area contributed by atoms with Gasteiger partial charge in [0.05, 0.1) is 6.54 Å². The number of amides is 1. The van der Waals surface area contributed by atoms with E-state index in [0.29, 0.717) is 18.6 Å². The molecule has 0 spiro atoms. The maximum Gasteiger partial charge on any atom is 0.237 e. The lowest BCUT2D eigenvalue weighted by Gasteiger charge is -2.23. The van der Waals surface area contributed by atoms with Crippen molar-refractivity contribution in [2.45, 2.75) is 51.7 Å². The SMILES string of the molecule is CCC(C)NCC(=O)N(Cc1ccccc1)C1CC1. The molecule has 2 rings (SSSR count). The Morgan fingerprint density at radius 3 is 2.63 bits per heavy atom. The molecule has 1 saturated carbocycles. The highest BCUT2D eigenvalue weighted by Gasteiger charge is 2.32. The third kappa shape index (κ3) is 4.35. The third-order valence-corrected chi connectivity index (χ3v) is 3.72. The highest BCUT2D eigenvalue weighted by atomic mass is 16.2. The van der Waals surface area contributed by atoms with Gasteiger partial charge in [0.15, 0.2) is 0 Å². The molecule has 1 fully saturated rings. The fraction of sp³-hybridized carbons (Fsp3) is 0.562. The van der Waals surface area contributed by atoms with Crippen molar-refractivity contribution in [3.63, 3.8) is 0 Å². The standard InChI is InChI=1S/C16H24N2O/c1-3-13(2)17-11-16(19)18(15-9-10-15)12-14-7-5-4-6-8-14/h4-8,13,15,17H,3,9-12H2,1-2H3. The lowest BCUT2D eigenvalue weighted by molar-refractivity contribution is -0.131. The average Bonchev–Trinajstić information content (AvgIpc) is 3.27. The number of carbonyl (C=O) groups is 1. The van der Waals surface area contributed by atoms with Gasteiger partial charge in [0.25, 0.3) is 0 Å². The highest BCUT2D eigenvalue weighted by molar-refractivity contribution is 5.79. The molecule has 1 amide bonds. The van der Waals surface area contributed by atoms with Crippen molar-refractivity contribution >= 4 is 5.91 Å². The molecule has 104 valence electrons. The fourth-order valence-corrected chi connectivity index (χ4v) is 2.09. The van der Waals surface area contributed by atoms with Crippen molar-refractivity contribution < 1.29 is 4.79 Å². The smallest absolute Gasteiger partial charge is 0.237 e. The average molecular weight is 260 g/mol. The van der Waals surface area contributed by atoms with Gasteiger partial charge in [-0.25, -0.2) is 0 Å². The zero-order chi connectivity index (χ0) is 13.7. The predicted molar refractivity (Wildman–Crippen MR) is 77.8 cm³/mol. The summed E-state index contributed by atoms with van der Waals surface area (Å²) in [5.74, 6) is 0.228. The molecule has 0 bridgehead atoms. The summed E-state index contributed by atoms with van der Waals surface area (Å²) >= 11 is 0. The van der Waals surface area contributed by atoms with Crippen LogP contribution in [0.3, 0.4) is 0 Å². The molecule has 0 saturated heterocycles. The second kappa shape index (κ2) is 6.71. The van der Waals surface area contributed by atoms with Crippen molar-refractivity contribution in [3.05, 3.63) is 35.9 Å². The Kier molecular flexibility index (Phi) is 4.97. The normalized spacial score (nSPS) is 16.1. The minimum atomic E-state index is 0.228. The minimum absolute atomic E-state index is 0.228. The molecule has 1 aliphatic rings. The van der Waals surface area contributed by atoms with Crippen LogP contribution >= 0.6 is 0 Å². The highest BCUT2D eigenvalue weighted by Crippen LogP contribution is 2.28. The van der Waals surface area contributed by atoms with Crippen LogP contribution in [0.4, 0.5) is 0 Å². The summed E-state index contributed by atoms with van der Waals surface area (Å²) in [7, 11) is 0. The Hall–Kier alpha value is -1.35. The van der Waals surface area contributed by atoms with Gasteiger partial charge >= 0.3 is 0 Å². The van der Waals surface area contributed by atoms with Gasteiger partial charge in [-0.3, -0.25) is 4.79 Å². The largest absolute Gasteiger partial charge is 0.334 e. The van der Waals surface area contributed by atoms with Gasteiger partial charge in [0.1, 0.15) is 0 Å². The van der Waals surface area contributed by atoms with Gasteiger partial charge in [-0.15, -0.1) is 0 Å². The molecule has 3 heteroatoms. The maximum absolute atomic E-state index is 12.3. The summed E-state index contributed by atoms with van der Waals surface area (Å²) in [6.07, 6.45) is 3.36. The van der Waals surface area contributed by atoms with Crippen LogP contribution in [0.1, 0.15) is 38.7 Å². The van der Waals surface area contributed by atoms with E-state index in [9.17, 15) is 4.79 Å². The molecule has 1 unspecified atom stereocenters. The Balaban J connectivity index is 1.90. The molecule has 0 aliphatic heterocycles. The summed E-state index contributed by atoms with van der Waals surface area (Å²) in [5.41, 5.74) is 1.21. The van der Waals surface area contributed by atoms with E-state index < -0.39 is 0 Å². The first-order valence-electron chi connectivity index (χ1n) is 7.27. The van der Waals surface area contributed by atoms with Crippen molar-refractivity contribution in [1.82, 2.24) is 10.2 Å².